The molecule has 0 bridgehead atoms. The summed E-state index contributed by atoms with van der Waals surface area (Å²) in [5.74, 6) is 4.15. The van der Waals surface area contributed by atoms with Crippen LogP contribution in [0.2, 0.25) is 0 Å². The Balaban J connectivity index is 1.57. The number of hydrogen-bond acceptors (Lipinski definition) is 2. The highest BCUT2D eigenvalue weighted by molar-refractivity contribution is 8.00. The van der Waals surface area contributed by atoms with E-state index in [2.05, 4.69) is 0 Å². The smallest absolute Gasteiger partial charge is 0.148 e. The summed E-state index contributed by atoms with van der Waals surface area (Å²) in [6.45, 7) is 0. The van der Waals surface area contributed by atoms with Gasteiger partial charge in [-0.3, -0.25) is 4.79 Å². The van der Waals surface area contributed by atoms with E-state index in [1.54, 1.807) is 0 Å². The maximum Gasteiger partial charge on any atom is 0.148 e. The van der Waals surface area contributed by atoms with E-state index in [0.717, 1.165) is 18.3 Å². The number of fused-ring (bicyclic) bond motifs is 1. The first-order valence-corrected chi connectivity index (χ1v) is 9.05. The summed E-state index contributed by atoms with van der Waals surface area (Å²) in [6, 6.07) is 0. The van der Waals surface area contributed by atoms with Crippen molar-refractivity contribution in [2.45, 2.75) is 69.5 Å². The molecule has 0 spiro atoms. The van der Waals surface area contributed by atoms with E-state index < -0.39 is 0 Å². The van der Waals surface area contributed by atoms with Gasteiger partial charge in [-0.1, -0.05) is 32.1 Å². The molecule has 1 nitrogen and oxygen atoms in total. The van der Waals surface area contributed by atoms with Crippen molar-refractivity contribution in [3.8, 4) is 0 Å². The standard InChI is InChI=1S/C16H26OS/c17-16(15-7-3-4-10-18-15)14-9-8-12-5-1-2-6-13(12)11-14/h12-15H,1-11H2. The van der Waals surface area contributed by atoms with Gasteiger partial charge in [0.25, 0.3) is 0 Å². The molecule has 1 aliphatic heterocycles. The summed E-state index contributed by atoms with van der Waals surface area (Å²) < 4.78 is 0. The number of rotatable bonds is 2. The van der Waals surface area contributed by atoms with Gasteiger partial charge >= 0.3 is 0 Å². The SMILES string of the molecule is O=C(C1CCC2CCCCC2C1)C1CCCCS1. The second-order valence-corrected chi connectivity index (χ2v) is 7.88. The number of ketones is 1. The van der Waals surface area contributed by atoms with Gasteiger partial charge in [-0.05, 0) is 49.7 Å². The minimum Gasteiger partial charge on any atom is -0.298 e. The van der Waals surface area contributed by atoms with Crippen molar-refractivity contribution in [3.05, 3.63) is 0 Å². The molecule has 3 aliphatic rings. The molecule has 102 valence electrons. The topological polar surface area (TPSA) is 17.1 Å². The fourth-order valence-electron chi connectivity index (χ4n) is 4.36. The van der Waals surface area contributed by atoms with Crippen LogP contribution in [0.25, 0.3) is 0 Å². The van der Waals surface area contributed by atoms with E-state index in [1.807, 2.05) is 11.8 Å². The van der Waals surface area contributed by atoms with Crippen LogP contribution >= 0.6 is 11.8 Å². The zero-order valence-electron chi connectivity index (χ0n) is 11.4. The van der Waals surface area contributed by atoms with Gasteiger partial charge in [0.05, 0.1) is 5.25 Å². The summed E-state index contributed by atoms with van der Waals surface area (Å²) in [4.78, 5) is 12.6. The van der Waals surface area contributed by atoms with Gasteiger partial charge in [-0.15, -0.1) is 0 Å². The maximum atomic E-state index is 12.6. The van der Waals surface area contributed by atoms with E-state index in [1.165, 1.54) is 63.5 Å². The summed E-state index contributed by atoms with van der Waals surface area (Å²) in [5, 5.41) is 0.365. The molecule has 3 rings (SSSR count). The molecule has 1 saturated heterocycles. The van der Waals surface area contributed by atoms with Crippen molar-refractivity contribution >= 4 is 17.5 Å². The molecule has 18 heavy (non-hydrogen) atoms. The van der Waals surface area contributed by atoms with Gasteiger partial charge in [0, 0.05) is 5.92 Å². The Morgan fingerprint density at radius 3 is 2.39 bits per heavy atom. The molecule has 4 atom stereocenters. The highest BCUT2D eigenvalue weighted by Crippen LogP contribution is 2.44. The summed E-state index contributed by atoms with van der Waals surface area (Å²) in [5.41, 5.74) is 0. The summed E-state index contributed by atoms with van der Waals surface area (Å²) >= 11 is 1.94. The number of Topliss-reactive ketones (excluding diaryl/α,β-unsaturated/α-hetero) is 1. The van der Waals surface area contributed by atoms with Crippen LogP contribution in [-0.4, -0.2) is 16.8 Å². The van der Waals surface area contributed by atoms with Crippen molar-refractivity contribution < 1.29 is 4.79 Å². The fourth-order valence-corrected chi connectivity index (χ4v) is 5.71. The Hall–Kier alpha value is 0.0200. The van der Waals surface area contributed by atoms with Crippen LogP contribution in [0.1, 0.15) is 64.2 Å². The van der Waals surface area contributed by atoms with Gasteiger partial charge in [0.1, 0.15) is 5.78 Å². The van der Waals surface area contributed by atoms with E-state index in [0.29, 0.717) is 17.0 Å². The molecule has 1 heterocycles. The minimum absolute atomic E-state index is 0.365. The maximum absolute atomic E-state index is 12.6. The van der Waals surface area contributed by atoms with Crippen LogP contribution in [0.3, 0.4) is 0 Å². The van der Waals surface area contributed by atoms with Crippen LogP contribution < -0.4 is 0 Å². The minimum atomic E-state index is 0.365. The molecule has 2 saturated carbocycles. The average Bonchev–Trinajstić information content (AvgIpc) is 2.47. The number of carbonyl (C=O) groups is 1. The molecule has 3 fully saturated rings. The van der Waals surface area contributed by atoms with Crippen LogP contribution in [0.5, 0.6) is 0 Å². The Morgan fingerprint density at radius 1 is 0.833 bits per heavy atom. The average molecular weight is 266 g/mol. The normalized spacial score (nSPS) is 41.1. The van der Waals surface area contributed by atoms with Crippen LogP contribution in [0.4, 0.5) is 0 Å². The predicted octanol–water partition coefficient (Wildman–Crippen LogP) is 4.45. The van der Waals surface area contributed by atoms with Gasteiger partial charge in [0.2, 0.25) is 0 Å². The summed E-state index contributed by atoms with van der Waals surface area (Å²) in [6.07, 6.45) is 13.3. The van der Waals surface area contributed by atoms with Crippen LogP contribution in [-0.2, 0) is 4.79 Å². The highest BCUT2D eigenvalue weighted by Gasteiger charge is 2.37. The van der Waals surface area contributed by atoms with Crippen molar-refractivity contribution in [1.82, 2.24) is 0 Å². The second kappa shape index (κ2) is 5.98. The fraction of sp³-hybridized carbons (Fsp3) is 0.938. The van der Waals surface area contributed by atoms with Crippen molar-refractivity contribution in [1.29, 1.82) is 0 Å². The third-order valence-corrected chi connectivity index (χ3v) is 6.83. The van der Waals surface area contributed by atoms with Gasteiger partial charge < -0.3 is 0 Å². The van der Waals surface area contributed by atoms with Crippen molar-refractivity contribution in [2.75, 3.05) is 5.75 Å². The largest absolute Gasteiger partial charge is 0.298 e. The molecule has 0 amide bonds. The van der Waals surface area contributed by atoms with Crippen LogP contribution in [0, 0.1) is 17.8 Å². The molecule has 0 aromatic heterocycles. The highest BCUT2D eigenvalue weighted by atomic mass is 32.2. The lowest BCUT2D eigenvalue weighted by Gasteiger charge is -2.39. The van der Waals surface area contributed by atoms with E-state index in [4.69, 9.17) is 0 Å². The predicted molar refractivity (Wildman–Crippen MR) is 77.9 cm³/mol. The third-order valence-electron chi connectivity index (χ3n) is 5.44. The molecular weight excluding hydrogens is 240 g/mol. The lowest BCUT2D eigenvalue weighted by atomic mass is 9.66. The van der Waals surface area contributed by atoms with Crippen LogP contribution in [0.15, 0.2) is 0 Å². The number of hydrogen-bond donors (Lipinski definition) is 0. The van der Waals surface area contributed by atoms with Gasteiger partial charge in [-0.25, -0.2) is 0 Å². The van der Waals surface area contributed by atoms with Crippen molar-refractivity contribution in [2.24, 2.45) is 17.8 Å². The van der Waals surface area contributed by atoms with Gasteiger partial charge in [0.15, 0.2) is 0 Å². The molecule has 0 radical (unpaired) electrons. The third kappa shape index (κ3) is 2.79. The van der Waals surface area contributed by atoms with E-state index >= 15 is 0 Å². The monoisotopic (exact) mass is 266 g/mol. The zero-order chi connectivity index (χ0) is 12.4. The van der Waals surface area contributed by atoms with Gasteiger partial charge in [-0.2, -0.15) is 11.8 Å². The second-order valence-electron chi connectivity index (χ2n) is 6.57. The number of thioether (sulfide) groups is 1. The van der Waals surface area contributed by atoms with E-state index in [9.17, 15) is 4.79 Å². The molecule has 2 aliphatic carbocycles. The molecule has 0 N–H and O–H groups in total. The first-order chi connectivity index (χ1) is 8.84. The molecule has 0 aromatic rings. The quantitative estimate of drug-likeness (QED) is 0.734. The Bertz CT molecular complexity index is 295. The Morgan fingerprint density at radius 2 is 1.61 bits per heavy atom. The lowest BCUT2D eigenvalue weighted by molar-refractivity contribution is -0.124. The number of carbonyl (C=O) groups excluding carboxylic acids is 1. The first kappa shape index (κ1) is 13.0. The van der Waals surface area contributed by atoms with E-state index in [-0.39, 0.29) is 0 Å². The molecule has 0 aromatic carbocycles. The Kier molecular flexibility index (Phi) is 4.33. The zero-order valence-corrected chi connectivity index (χ0v) is 12.2. The van der Waals surface area contributed by atoms with Crippen molar-refractivity contribution in [3.63, 3.8) is 0 Å². The molecular formula is C16H26OS. The first-order valence-electron chi connectivity index (χ1n) is 8.00. The lowest BCUT2D eigenvalue weighted by Crippen LogP contribution is -2.35. The Labute approximate surface area is 115 Å². The molecule has 2 heteroatoms. The molecule has 4 unspecified atom stereocenters. The summed E-state index contributed by atoms with van der Waals surface area (Å²) in [7, 11) is 0.